The molecule has 3 aliphatic rings. The van der Waals surface area contributed by atoms with E-state index in [1.165, 1.54) is 0 Å². The minimum absolute atomic E-state index is 0.0750. The van der Waals surface area contributed by atoms with Crippen LogP contribution < -0.4 is 0 Å². The highest BCUT2D eigenvalue weighted by Crippen LogP contribution is 2.43. The lowest BCUT2D eigenvalue weighted by atomic mass is 9.88. The number of ether oxygens (including phenoxy) is 5. The molecule has 11 atom stereocenters. The molecular formula is C58H110N2O10Si3. The predicted octanol–water partition coefficient (Wildman–Crippen LogP) is 14.2. The average Bonchev–Trinajstić information content (AvgIpc) is 4.15. The fourth-order valence-electron chi connectivity index (χ4n) is 11.6. The largest absolute Gasteiger partial charge is 0.457 e. The molecule has 0 N–H and O–H groups in total. The van der Waals surface area contributed by atoms with Gasteiger partial charge in [-0.15, -0.1) is 0 Å². The standard InChI is InChI=1S/C58H110N2O10Si3/c1-20-50(69-72(25-6,26-7)27-8)47(16)55-51(64-55)43-57(18,70-73(28-9,29-10)30-11)36-31-32-45(14)54-46(15)33-34-52(65-56(62)60-40-38-59(39-41-60)44(12)13)58(19,67-48(17)63-21-2)37-35-49(42-53(61)66-54)68-71(22-3,23-4)24-5/h31-34,36,44,46-52,54-55H,20-30,35,37-43H2,1-19H3/b34-33-,36-31+,45-32+. The van der Waals surface area contributed by atoms with Gasteiger partial charge in [0.2, 0.25) is 0 Å². The molecule has 73 heavy (non-hydrogen) atoms. The number of carbonyl (C=O) groups is 2. The molecular weight excluding hydrogens is 969 g/mol. The number of piperazine rings is 1. The molecule has 15 heteroatoms. The summed E-state index contributed by atoms with van der Waals surface area (Å²) in [7, 11) is -6.03. The summed E-state index contributed by atoms with van der Waals surface area (Å²) in [6.07, 6.45) is 10.9. The lowest BCUT2D eigenvalue weighted by molar-refractivity contribution is -0.222. The van der Waals surface area contributed by atoms with Crippen LogP contribution >= 0.6 is 0 Å². The monoisotopic (exact) mass is 1080 g/mol. The zero-order valence-corrected chi connectivity index (χ0v) is 53.1. The number of hydrogen-bond donors (Lipinski definition) is 0. The Kier molecular flexibility index (Phi) is 27.4. The maximum atomic E-state index is 14.4. The molecule has 2 fully saturated rings. The first-order valence-electron chi connectivity index (χ1n) is 29.5. The molecule has 0 aromatic heterocycles. The number of carbonyl (C=O) groups excluding carboxylic acids is 2. The molecule has 3 rings (SSSR count). The van der Waals surface area contributed by atoms with E-state index in [2.05, 4.69) is 127 Å². The molecule has 2 saturated heterocycles. The maximum Gasteiger partial charge on any atom is 0.410 e. The van der Waals surface area contributed by atoms with Gasteiger partial charge in [0.05, 0.1) is 30.3 Å². The Hall–Kier alpha value is -1.67. The van der Waals surface area contributed by atoms with E-state index in [0.29, 0.717) is 38.6 Å². The van der Waals surface area contributed by atoms with Crippen LogP contribution in [0.25, 0.3) is 0 Å². The van der Waals surface area contributed by atoms with Gasteiger partial charge >= 0.3 is 12.1 Å². The summed E-state index contributed by atoms with van der Waals surface area (Å²) in [5.41, 5.74) is -0.687. The van der Waals surface area contributed by atoms with Crippen molar-refractivity contribution in [2.45, 2.75) is 278 Å². The third-order valence-electron chi connectivity index (χ3n) is 17.7. The number of nitrogens with zero attached hydrogens (tertiary/aromatic N) is 2. The second-order valence-electron chi connectivity index (χ2n) is 22.7. The third kappa shape index (κ3) is 18.8. The Bertz CT molecular complexity index is 1710. The summed E-state index contributed by atoms with van der Waals surface area (Å²) >= 11 is 0. The molecule has 1 amide bonds. The quantitative estimate of drug-likeness (QED) is 0.0178. The molecule has 0 radical (unpaired) electrons. The van der Waals surface area contributed by atoms with Gasteiger partial charge in [0, 0.05) is 63.2 Å². The molecule has 424 valence electrons. The molecule has 12 nitrogen and oxygen atoms in total. The molecule has 0 bridgehead atoms. The van der Waals surface area contributed by atoms with E-state index in [9.17, 15) is 9.59 Å². The van der Waals surface area contributed by atoms with Crippen LogP contribution in [0.2, 0.25) is 54.4 Å². The highest BCUT2D eigenvalue weighted by molar-refractivity contribution is 6.74. The van der Waals surface area contributed by atoms with Crippen molar-refractivity contribution in [1.82, 2.24) is 9.80 Å². The molecule has 3 aliphatic heterocycles. The fraction of sp³-hybridized carbons (Fsp3) is 0.862. The van der Waals surface area contributed by atoms with Crippen LogP contribution in [0.15, 0.2) is 36.0 Å². The van der Waals surface area contributed by atoms with Gasteiger partial charge in [-0.25, -0.2) is 4.79 Å². The lowest BCUT2D eigenvalue weighted by Crippen LogP contribution is -2.53. The van der Waals surface area contributed by atoms with Gasteiger partial charge in [-0.1, -0.05) is 107 Å². The average molecular weight is 1080 g/mol. The van der Waals surface area contributed by atoms with Crippen molar-refractivity contribution >= 4 is 37.0 Å². The van der Waals surface area contributed by atoms with Crippen molar-refractivity contribution in [2.75, 3.05) is 32.8 Å². The van der Waals surface area contributed by atoms with Crippen molar-refractivity contribution in [3.8, 4) is 0 Å². The Morgan fingerprint density at radius 2 is 1.42 bits per heavy atom. The van der Waals surface area contributed by atoms with E-state index in [1.54, 1.807) is 0 Å². The van der Waals surface area contributed by atoms with Gasteiger partial charge < -0.3 is 41.9 Å². The number of epoxide rings is 1. The molecule has 0 aliphatic carbocycles. The van der Waals surface area contributed by atoms with Gasteiger partial charge in [0.15, 0.2) is 37.3 Å². The SMILES string of the molecule is CCOC(C)OC1(C)CCC(O[Si](CC)(CC)CC)CC(=O)OC(/C(C)=C/C=C/C(C)(CC2OC2C(C)C(CC)O[Si](CC)(CC)CC)O[Si](CC)(CC)CC)C(C)/C=C\C1OC(=O)N1CCN(C(C)C)CC1. The number of esters is 1. The van der Waals surface area contributed by atoms with Gasteiger partial charge in [-0.3, -0.25) is 9.69 Å². The van der Waals surface area contributed by atoms with Crippen LogP contribution in [0.1, 0.15) is 164 Å². The minimum atomic E-state index is -2.18. The number of amides is 1. The Balaban J connectivity index is 2.10. The van der Waals surface area contributed by atoms with Gasteiger partial charge in [-0.2, -0.15) is 0 Å². The summed E-state index contributed by atoms with van der Waals surface area (Å²) in [4.78, 5) is 32.8. The fourth-order valence-corrected chi connectivity index (χ4v) is 20.6. The zero-order chi connectivity index (χ0) is 54.8. The van der Waals surface area contributed by atoms with Crippen LogP contribution in [-0.4, -0.2) is 140 Å². The number of cyclic esters (lactones) is 1. The van der Waals surface area contributed by atoms with E-state index in [1.807, 2.05) is 44.7 Å². The van der Waals surface area contributed by atoms with Gasteiger partial charge in [0.1, 0.15) is 11.7 Å². The first-order valence-corrected chi connectivity index (χ1v) is 37.0. The van der Waals surface area contributed by atoms with Crippen molar-refractivity contribution < 1.29 is 46.6 Å². The number of allylic oxidation sites excluding steroid dienone is 2. The van der Waals surface area contributed by atoms with Crippen molar-refractivity contribution in [2.24, 2.45) is 11.8 Å². The van der Waals surface area contributed by atoms with E-state index >= 15 is 0 Å². The molecule has 0 saturated carbocycles. The Morgan fingerprint density at radius 3 is 1.95 bits per heavy atom. The smallest absolute Gasteiger partial charge is 0.410 e. The second kappa shape index (κ2) is 30.5. The molecule has 0 spiro atoms. The summed E-state index contributed by atoms with van der Waals surface area (Å²) in [5.74, 6) is -0.295. The molecule has 0 aromatic rings. The van der Waals surface area contributed by atoms with E-state index in [4.69, 9.17) is 37.0 Å². The number of rotatable bonds is 29. The highest BCUT2D eigenvalue weighted by Gasteiger charge is 2.51. The van der Waals surface area contributed by atoms with Gasteiger partial charge in [0.25, 0.3) is 0 Å². The lowest BCUT2D eigenvalue weighted by Gasteiger charge is -2.41. The maximum absolute atomic E-state index is 14.4. The van der Waals surface area contributed by atoms with Crippen LogP contribution in [0.5, 0.6) is 0 Å². The first kappa shape index (κ1) is 65.6. The Labute approximate surface area is 450 Å². The zero-order valence-electron chi connectivity index (χ0n) is 50.1. The van der Waals surface area contributed by atoms with Crippen molar-refractivity contribution in [3.05, 3.63) is 36.0 Å². The van der Waals surface area contributed by atoms with Crippen LogP contribution in [0.4, 0.5) is 4.79 Å². The summed E-state index contributed by atoms with van der Waals surface area (Å²) in [5, 5.41) is 0. The molecule has 0 aromatic carbocycles. The van der Waals surface area contributed by atoms with Crippen molar-refractivity contribution in [1.29, 1.82) is 0 Å². The molecule has 3 heterocycles. The van der Waals surface area contributed by atoms with Crippen LogP contribution in [-0.2, 0) is 41.8 Å². The summed E-state index contributed by atoms with van der Waals surface area (Å²) in [6.45, 7) is 44.8. The normalized spacial score (nSPS) is 28.0. The number of hydrogen-bond acceptors (Lipinski definition) is 11. The van der Waals surface area contributed by atoms with Crippen LogP contribution in [0, 0.1) is 11.8 Å². The van der Waals surface area contributed by atoms with Crippen molar-refractivity contribution in [3.63, 3.8) is 0 Å². The predicted molar refractivity (Wildman–Crippen MR) is 308 cm³/mol. The van der Waals surface area contributed by atoms with E-state index in [-0.39, 0.29) is 48.6 Å². The summed E-state index contributed by atoms with van der Waals surface area (Å²) in [6, 6.07) is 9.77. The third-order valence-corrected chi connectivity index (χ3v) is 31.8. The van der Waals surface area contributed by atoms with Crippen LogP contribution in [0.3, 0.4) is 0 Å². The summed E-state index contributed by atoms with van der Waals surface area (Å²) < 4.78 is 54.2. The minimum Gasteiger partial charge on any atom is -0.457 e. The van der Waals surface area contributed by atoms with Gasteiger partial charge in [-0.05, 0) is 134 Å². The first-order chi connectivity index (χ1) is 34.5. The van der Waals surface area contributed by atoms with E-state index < -0.39 is 60.8 Å². The highest BCUT2D eigenvalue weighted by atomic mass is 28.4. The second-order valence-corrected chi connectivity index (χ2v) is 36.8. The van der Waals surface area contributed by atoms with E-state index in [0.717, 1.165) is 85.9 Å². The molecule has 11 unspecified atom stereocenters. The Morgan fingerprint density at radius 1 is 0.849 bits per heavy atom. The topological polar surface area (TPSA) is 118 Å².